The quantitative estimate of drug-likeness (QED) is 0.867. The second-order valence-corrected chi connectivity index (χ2v) is 6.13. The van der Waals surface area contributed by atoms with E-state index < -0.39 is 0 Å². The molecule has 0 spiro atoms. The first-order chi connectivity index (χ1) is 10.5. The zero-order valence-electron chi connectivity index (χ0n) is 12.5. The highest BCUT2D eigenvalue weighted by atomic mass is 79.9. The van der Waals surface area contributed by atoms with Gasteiger partial charge in [0.2, 0.25) is 5.91 Å². The molecule has 0 unspecified atom stereocenters. The Kier molecular flexibility index (Phi) is 5.69. The molecule has 5 heteroatoms. The van der Waals surface area contributed by atoms with Gasteiger partial charge in [0.1, 0.15) is 5.82 Å². The minimum Gasteiger partial charge on any atom is -0.325 e. The van der Waals surface area contributed by atoms with Crippen LogP contribution in [0.2, 0.25) is 0 Å². The Hall–Kier alpha value is -1.72. The third kappa shape index (κ3) is 4.64. The number of nitrogens with zero attached hydrogens (tertiary/aromatic N) is 1. The zero-order valence-corrected chi connectivity index (χ0v) is 14.1. The van der Waals surface area contributed by atoms with Gasteiger partial charge in [0, 0.05) is 16.7 Å². The van der Waals surface area contributed by atoms with Gasteiger partial charge in [-0.2, -0.15) is 0 Å². The summed E-state index contributed by atoms with van der Waals surface area (Å²) in [5.74, 6) is -0.334. The van der Waals surface area contributed by atoms with E-state index in [1.807, 2.05) is 43.1 Å². The molecule has 1 atom stereocenters. The van der Waals surface area contributed by atoms with E-state index in [2.05, 4.69) is 21.2 Å². The number of carbonyl (C=O) groups is 1. The lowest BCUT2D eigenvalue weighted by Crippen LogP contribution is -2.39. The van der Waals surface area contributed by atoms with E-state index in [9.17, 15) is 9.18 Å². The summed E-state index contributed by atoms with van der Waals surface area (Å²) in [5, 5.41) is 2.88. The van der Waals surface area contributed by atoms with Gasteiger partial charge in [0.15, 0.2) is 0 Å². The average Bonchev–Trinajstić information content (AvgIpc) is 2.51. The smallest absolute Gasteiger partial charge is 0.241 e. The molecule has 0 aromatic heterocycles. The van der Waals surface area contributed by atoms with Gasteiger partial charge in [-0.05, 0) is 55.9 Å². The number of halogens is 2. The van der Waals surface area contributed by atoms with E-state index in [4.69, 9.17) is 0 Å². The summed E-state index contributed by atoms with van der Waals surface area (Å²) in [7, 11) is 1.87. The highest BCUT2D eigenvalue weighted by Gasteiger charge is 2.18. The van der Waals surface area contributed by atoms with Gasteiger partial charge in [-0.1, -0.05) is 28.1 Å². The van der Waals surface area contributed by atoms with Gasteiger partial charge in [-0.3, -0.25) is 9.69 Å². The standard InChI is InChI=1S/C17H18BrFN2O/c1-12(17(22)20-16-9-5-14(18)6-10-16)21(2)11-13-3-7-15(19)8-4-13/h3-10,12H,11H2,1-2H3,(H,20,22)/t12-/m1/s1. The van der Waals surface area contributed by atoms with Crippen LogP contribution in [0.3, 0.4) is 0 Å². The molecular formula is C17H18BrFN2O. The molecule has 1 N–H and O–H groups in total. The summed E-state index contributed by atoms with van der Waals surface area (Å²) in [4.78, 5) is 14.2. The fourth-order valence-corrected chi connectivity index (χ4v) is 2.26. The largest absolute Gasteiger partial charge is 0.325 e. The van der Waals surface area contributed by atoms with Crippen molar-refractivity contribution in [3.8, 4) is 0 Å². The van der Waals surface area contributed by atoms with Crippen molar-refractivity contribution in [1.29, 1.82) is 0 Å². The summed E-state index contributed by atoms with van der Waals surface area (Å²) >= 11 is 3.36. The van der Waals surface area contributed by atoms with Crippen LogP contribution in [0, 0.1) is 5.82 Å². The third-order valence-corrected chi connectivity index (χ3v) is 4.03. The Bertz CT molecular complexity index is 628. The lowest BCUT2D eigenvalue weighted by atomic mass is 10.2. The maximum atomic E-state index is 12.9. The maximum Gasteiger partial charge on any atom is 0.241 e. The maximum absolute atomic E-state index is 12.9. The third-order valence-electron chi connectivity index (χ3n) is 3.50. The molecule has 0 saturated heterocycles. The highest BCUT2D eigenvalue weighted by molar-refractivity contribution is 9.10. The first kappa shape index (κ1) is 16.6. The molecule has 22 heavy (non-hydrogen) atoms. The van der Waals surface area contributed by atoms with Crippen LogP contribution in [0.5, 0.6) is 0 Å². The van der Waals surface area contributed by atoms with E-state index in [1.54, 1.807) is 12.1 Å². The number of hydrogen-bond donors (Lipinski definition) is 1. The molecule has 116 valence electrons. The van der Waals surface area contributed by atoms with Crippen LogP contribution in [0.1, 0.15) is 12.5 Å². The molecule has 1 amide bonds. The lowest BCUT2D eigenvalue weighted by molar-refractivity contribution is -0.120. The molecule has 0 aliphatic carbocycles. The number of likely N-dealkylation sites (N-methyl/N-ethyl adjacent to an activating group) is 1. The van der Waals surface area contributed by atoms with Crippen molar-refractivity contribution in [2.75, 3.05) is 12.4 Å². The number of rotatable bonds is 5. The van der Waals surface area contributed by atoms with Gasteiger partial charge >= 0.3 is 0 Å². The van der Waals surface area contributed by atoms with Crippen molar-refractivity contribution < 1.29 is 9.18 Å². The van der Waals surface area contributed by atoms with Crippen molar-refractivity contribution in [2.24, 2.45) is 0 Å². The van der Waals surface area contributed by atoms with Crippen molar-refractivity contribution in [2.45, 2.75) is 19.5 Å². The van der Waals surface area contributed by atoms with Crippen LogP contribution in [0.25, 0.3) is 0 Å². The molecule has 0 aliphatic heterocycles. The van der Waals surface area contributed by atoms with Crippen molar-refractivity contribution in [3.63, 3.8) is 0 Å². The van der Waals surface area contributed by atoms with E-state index in [0.29, 0.717) is 6.54 Å². The summed E-state index contributed by atoms with van der Waals surface area (Å²) in [6, 6.07) is 13.4. The Morgan fingerprint density at radius 2 is 1.77 bits per heavy atom. The van der Waals surface area contributed by atoms with Crippen molar-refractivity contribution in [1.82, 2.24) is 4.90 Å². The SMILES string of the molecule is C[C@H](C(=O)Nc1ccc(Br)cc1)N(C)Cc1ccc(F)cc1. The van der Waals surface area contributed by atoms with Crippen LogP contribution in [-0.4, -0.2) is 23.9 Å². The minimum atomic E-state index is -0.298. The number of carbonyl (C=O) groups excluding carboxylic acids is 1. The van der Waals surface area contributed by atoms with Gasteiger partial charge in [-0.15, -0.1) is 0 Å². The summed E-state index contributed by atoms with van der Waals surface area (Å²) in [5.41, 5.74) is 1.72. The molecule has 2 aromatic carbocycles. The fourth-order valence-electron chi connectivity index (χ4n) is 1.99. The normalized spacial score (nSPS) is 12.2. The van der Waals surface area contributed by atoms with Crippen molar-refractivity contribution >= 4 is 27.5 Å². The second kappa shape index (κ2) is 7.51. The number of hydrogen-bond acceptors (Lipinski definition) is 2. The first-order valence-corrected chi connectivity index (χ1v) is 7.76. The number of anilines is 1. The minimum absolute atomic E-state index is 0.0769. The summed E-state index contributed by atoms with van der Waals surface area (Å²) in [6.07, 6.45) is 0. The average molecular weight is 365 g/mol. The molecule has 0 saturated carbocycles. The zero-order chi connectivity index (χ0) is 16.1. The van der Waals surface area contributed by atoms with Crippen LogP contribution < -0.4 is 5.32 Å². The van der Waals surface area contributed by atoms with E-state index in [-0.39, 0.29) is 17.8 Å². The number of benzene rings is 2. The summed E-state index contributed by atoms with van der Waals surface area (Å²) in [6.45, 7) is 2.42. The van der Waals surface area contributed by atoms with Crippen LogP contribution >= 0.6 is 15.9 Å². The molecule has 2 aromatic rings. The van der Waals surface area contributed by atoms with Gasteiger partial charge < -0.3 is 5.32 Å². The van der Waals surface area contributed by atoms with E-state index >= 15 is 0 Å². The Labute approximate surface area is 138 Å². The number of amides is 1. The monoisotopic (exact) mass is 364 g/mol. The molecule has 3 nitrogen and oxygen atoms in total. The molecule has 0 heterocycles. The first-order valence-electron chi connectivity index (χ1n) is 6.97. The van der Waals surface area contributed by atoms with Gasteiger partial charge in [0.05, 0.1) is 6.04 Å². The topological polar surface area (TPSA) is 32.3 Å². The predicted molar refractivity (Wildman–Crippen MR) is 90.1 cm³/mol. The highest BCUT2D eigenvalue weighted by Crippen LogP contribution is 2.15. The Morgan fingerprint density at radius 1 is 1.18 bits per heavy atom. The van der Waals surface area contributed by atoms with Crippen LogP contribution in [0.4, 0.5) is 10.1 Å². The Morgan fingerprint density at radius 3 is 2.36 bits per heavy atom. The predicted octanol–water partition coefficient (Wildman–Crippen LogP) is 4.05. The molecule has 0 radical (unpaired) electrons. The lowest BCUT2D eigenvalue weighted by Gasteiger charge is -2.24. The van der Waals surface area contributed by atoms with Gasteiger partial charge in [-0.25, -0.2) is 4.39 Å². The molecule has 0 bridgehead atoms. The van der Waals surface area contributed by atoms with Gasteiger partial charge in [0.25, 0.3) is 0 Å². The van der Waals surface area contributed by atoms with E-state index in [1.165, 1.54) is 12.1 Å². The van der Waals surface area contributed by atoms with Crippen LogP contribution in [0.15, 0.2) is 53.0 Å². The van der Waals surface area contributed by atoms with Crippen molar-refractivity contribution in [3.05, 3.63) is 64.4 Å². The molecule has 2 rings (SSSR count). The fraction of sp³-hybridized carbons (Fsp3) is 0.235. The Balaban J connectivity index is 1.94. The molecule has 0 fully saturated rings. The summed E-state index contributed by atoms with van der Waals surface area (Å²) < 4.78 is 13.9. The second-order valence-electron chi connectivity index (χ2n) is 5.21. The molecular weight excluding hydrogens is 347 g/mol. The number of nitrogens with one attached hydrogen (secondary N) is 1. The van der Waals surface area contributed by atoms with Crippen LogP contribution in [-0.2, 0) is 11.3 Å². The van der Waals surface area contributed by atoms with E-state index in [0.717, 1.165) is 15.7 Å². The molecule has 0 aliphatic rings.